The van der Waals surface area contributed by atoms with E-state index in [1.165, 1.54) is 19.9 Å². The highest BCUT2D eigenvalue weighted by molar-refractivity contribution is 6.35. The highest BCUT2D eigenvalue weighted by atomic mass is 35.5. The molecule has 0 aliphatic rings. The van der Waals surface area contributed by atoms with Crippen molar-refractivity contribution < 1.29 is 19.1 Å². The topological polar surface area (TPSA) is 64.6 Å². The molecule has 23 heavy (non-hydrogen) atoms. The normalized spacial score (nSPS) is 13.9. The van der Waals surface area contributed by atoms with Crippen LogP contribution in [0, 0.1) is 0 Å². The fraction of sp³-hybridized carbons (Fsp3) is 0.500. The standard InChI is InChI=1S/C16H21Cl2NO4/c1-9(14(20)19-16(3,4)5)23-15(21)10(2)22-13-7-6-11(17)8-12(13)18/h6-10H,1-5H3,(H,19,20)/t9-,10+/m1/s1. The Morgan fingerprint density at radius 1 is 1.13 bits per heavy atom. The second-order valence-corrected chi connectivity index (χ2v) is 7.00. The molecule has 0 aliphatic heterocycles. The number of hydrogen-bond acceptors (Lipinski definition) is 4. The van der Waals surface area contributed by atoms with Crippen LogP contribution >= 0.6 is 23.2 Å². The van der Waals surface area contributed by atoms with Gasteiger partial charge in [-0.15, -0.1) is 0 Å². The molecular weight excluding hydrogens is 341 g/mol. The molecule has 2 atom stereocenters. The predicted octanol–water partition coefficient (Wildman–Crippen LogP) is 3.61. The smallest absolute Gasteiger partial charge is 0.347 e. The lowest BCUT2D eigenvalue weighted by Gasteiger charge is -2.24. The summed E-state index contributed by atoms with van der Waals surface area (Å²) in [6.45, 7) is 8.54. The number of ether oxygens (including phenoxy) is 2. The summed E-state index contributed by atoms with van der Waals surface area (Å²) < 4.78 is 10.6. The van der Waals surface area contributed by atoms with Crippen LogP contribution < -0.4 is 10.1 Å². The lowest BCUT2D eigenvalue weighted by Crippen LogP contribution is -2.47. The van der Waals surface area contributed by atoms with Gasteiger partial charge in [0, 0.05) is 10.6 Å². The van der Waals surface area contributed by atoms with Gasteiger partial charge in [0.05, 0.1) is 5.02 Å². The minimum Gasteiger partial charge on any atom is -0.477 e. The molecule has 1 rings (SSSR count). The second kappa shape index (κ2) is 7.88. The van der Waals surface area contributed by atoms with Gasteiger partial charge in [0.15, 0.2) is 12.2 Å². The van der Waals surface area contributed by atoms with E-state index in [4.69, 9.17) is 32.7 Å². The van der Waals surface area contributed by atoms with E-state index in [0.717, 1.165) is 0 Å². The van der Waals surface area contributed by atoms with E-state index in [1.807, 2.05) is 20.8 Å². The van der Waals surface area contributed by atoms with Crippen LogP contribution in [0.4, 0.5) is 0 Å². The maximum absolute atomic E-state index is 12.0. The number of amides is 1. The molecule has 0 unspecified atom stereocenters. The highest BCUT2D eigenvalue weighted by Gasteiger charge is 2.25. The number of hydrogen-bond donors (Lipinski definition) is 1. The number of esters is 1. The maximum Gasteiger partial charge on any atom is 0.347 e. The zero-order valence-corrected chi connectivity index (χ0v) is 15.3. The van der Waals surface area contributed by atoms with Crippen molar-refractivity contribution in [2.24, 2.45) is 0 Å². The monoisotopic (exact) mass is 361 g/mol. The third kappa shape index (κ3) is 6.67. The Morgan fingerprint density at radius 2 is 1.74 bits per heavy atom. The molecule has 7 heteroatoms. The first-order valence-corrected chi connectivity index (χ1v) is 7.89. The van der Waals surface area contributed by atoms with Crippen molar-refractivity contribution in [2.45, 2.75) is 52.4 Å². The summed E-state index contributed by atoms with van der Waals surface area (Å²) in [5.74, 6) is -0.720. The molecule has 1 aromatic rings. The van der Waals surface area contributed by atoms with Crippen molar-refractivity contribution >= 4 is 35.1 Å². The first kappa shape index (κ1) is 19.6. The first-order valence-electron chi connectivity index (χ1n) is 7.14. The molecular formula is C16H21Cl2NO4. The number of benzene rings is 1. The SMILES string of the molecule is C[C@H](Oc1ccc(Cl)cc1Cl)C(=O)O[C@H](C)C(=O)NC(C)(C)C. The molecule has 0 fully saturated rings. The van der Waals surface area contributed by atoms with Gasteiger partial charge >= 0.3 is 5.97 Å². The molecule has 0 bridgehead atoms. The quantitative estimate of drug-likeness (QED) is 0.813. The Hall–Kier alpha value is -1.46. The largest absolute Gasteiger partial charge is 0.477 e. The summed E-state index contributed by atoms with van der Waals surface area (Å²) in [7, 11) is 0. The summed E-state index contributed by atoms with van der Waals surface area (Å²) >= 11 is 11.8. The van der Waals surface area contributed by atoms with Crippen molar-refractivity contribution in [1.29, 1.82) is 0 Å². The molecule has 0 saturated carbocycles. The van der Waals surface area contributed by atoms with Crippen molar-refractivity contribution in [3.63, 3.8) is 0 Å². The van der Waals surface area contributed by atoms with Gasteiger partial charge in [-0.05, 0) is 52.8 Å². The minimum atomic E-state index is -0.923. The highest BCUT2D eigenvalue weighted by Crippen LogP contribution is 2.28. The van der Waals surface area contributed by atoms with Crippen LogP contribution in [0.2, 0.25) is 10.0 Å². The van der Waals surface area contributed by atoms with E-state index >= 15 is 0 Å². The molecule has 0 saturated heterocycles. The Balaban J connectivity index is 2.61. The van der Waals surface area contributed by atoms with Crippen molar-refractivity contribution in [2.75, 3.05) is 0 Å². The molecule has 0 aliphatic carbocycles. The summed E-state index contributed by atoms with van der Waals surface area (Å²) in [4.78, 5) is 23.9. The van der Waals surface area contributed by atoms with Crippen LogP contribution in [0.15, 0.2) is 18.2 Å². The molecule has 128 valence electrons. The van der Waals surface area contributed by atoms with Gasteiger partial charge in [0.25, 0.3) is 5.91 Å². The van der Waals surface area contributed by atoms with E-state index in [1.54, 1.807) is 12.1 Å². The van der Waals surface area contributed by atoms with Crippen LogP contribution in [-0.4, -0.2) is 29.6 Å². The van der Waals surface area contributed by atoms with E-state index in [2.05, 4.69) is 5.32 Å². The first-order chi connectivity index (χ1) is 10.5. The molecule has 0 heterocycles. The maximum atomic E-state index is 12.0. The predicted molar refractivity (Wildman–Crippen MR) is 90.0 cm³/mol. The van der Waals surface area contributed by atoms with Gasteiger partial charge < -0.3 is 14.8 Å². The van der Waals surface area contributed by atoms with E-state index in [9.17, 15) is 9.59 Å². The van der Waals surface area contributed by atoms with Crippen LogP contribution in [0.5, 0.6) is 5.75 Å². The lowest BCUT2D eigenvalue weighted by atomic mass is 10.1. The summed E-state index contributed by atoms with van der Waals surface area (Å²) in [6.07, 6.45) is -1.84. The van der Waals surface area contributed by atoms with E-state index in [-0.39, 0.29) is 10.9 Å². The molecule has 0 radical (unpaired) electrons. The van der Waals surface area contributed by atoms with Crippen molar-refractivity contribution in [1.82, 2.24) is 5.32 Å². The molecule has 5 nitrogen and oxygen atoms in total. The molecule has 0 aromatic heterocycles. The Morgan fingerprint density at radius 3 is 2.26 bits per heavy atom. The third-order valence-corrected chi connectivity index (χ3v) is 3.22. The summed E-state index contributed by atoms with van der Waals surface area (Å²) in [5, 5.41) is 3.49. The lowest BCUT2D eigenvalue weighted by molar-refractivity contribution is -0.161. The number of halogens is 2. The van der Waals surface area contributed by atoms with Crippen molar-refractivity contribution in [3.8, 4) is 5.75 Å². The second-order valence-electron chi connectivity index (χ2n) is 6.15. The summed E-state index contributed by atoms with van der Waals surface area (Å²) in [5.41, 5.74) is -0.406. The Labute approximate surface area is 146 Å². The zero-order valence-electron chi connectivity index (χ0n) is 13.8. The number of carbonyl (C=O) groups is 2. The van der Waals surface area contributed by atoms with Crippen LogP contribution in [0.3, 0.4) is 0 Å². The fourth-order valence-electron chi connectivity index (χ4n) is 1.60. The van der Waals surface area contributed by atoms with Crippen LogP contribution in [-0.2, 0) is 14.3 Å². The number of nitrogens with one attached hydrogen (secondary N) is 1. The van der Waals surface area contributed by atoms with Gasteiger partial charge in [-0.1, -0.05) is 23.2 Å². The van der Waals surface area contributed by atoms with Crippen molar-refractivity contribution in [3.05, 3.63) is 28.2 Å². The Kier molecular flexibility index (Phi) is 6.71. The average Bonchev–Trinajstić information content (AvgIpc) is 2.39. The van der Waals surface area contributed by atoms with Gasteiger partial charge in [0.1, 0.15) is 5.75 Å². The Bertz CT molecular complexity index is 584. The van der Waals surface area contributed by atoms with Crippen LogP contribution in [0.1, 0.15) is 34.6 Å². The van der Waals surface area contributed by atoms with Gasteiger partial charge in [-0.2, -0.15) is 0 Å². The van der Waals surface area contributed by atoms with Crippen LogP contribution in [0.25, 0.3) is 0 Å². The van der Waals surface area contributed by atoms with E-state index < -0.39 is 23.7 Å². The fourth-order valence-corrected chi connectivity index (χ4v) is 2.06. The summed E-state index contributed by atoms with van der Waals surface area (Å²) in [6, 6.07) is 4.67. The molecule has 1 aromatic carbocycles. The molecule has 1 N–H and O–H groups in total. The number of rotatable bonds is 5. The van der Waals surface area contributed by atoms with E-state index in [0.29, 0.717) is 10.8 Å². The average molecular weight is 362 g/mol. The van der Waals surface area contributed by atoms with Gasteiger partial charge in [-0.25, -0.2) is 4.79 Å². The molecule has 1 amide bonds. The minimum absolute atomic E-state index is 0.288. The molecule has 0 spiro atoms. The number of carbonyl (C=O) groups excluding carboxylic acids is 2. The zero-order chi connectivity index (χ0) is 17.8. The third-order valence-electron chi connectivity index (χ3n) is 2.69. The van der Waals surface area contributed by atoms with Gasteiger partial charge in [0.2, 0.25) is 0 Å². The van der Waals surface area contributed by atoms with Gasteiger partial charge in [-0.3, -0.25) is 4.79 Å².